The summed E-state index contributed by atoms with van der Waals surface area (Å²) in [6.45, 7) is 5.75. The predicted octanol–water partition coefficient (Wildman–Crippen LogP) is -0.0720. The van der Waals surface area contributed by atoms with Gasteiger partial charge in [-0.2, -0.15) is 0 Å². The molecule has 1 heterocycles. The molecule has 1 fully saturated rings. The average molecular weight is 173 g/mol. The van der Waals surface area contributed by atoms with Crippen molar-refractivity contribution in [3.8, 4) is 0 Å². The lowest BCUT2D eigenvalue weighted by atomic mass is 10.1. The molecule has 70 valence electrons. The molecule has 0 radical (unpaired) electrons. The summed E-state index contributed by atoms with van der Waals surface area (Å²) in [6.07, 6.45) is 0. The standard InChI is InChI=1S/C8H15NO3/c1-3-11-6-8(2)5-9-7(10)4-12-8/h3-6H2,1-2H3,(H,9,10). The number of hydrogen-bond donors (Lipinski definition) is 1. The molecule has 1 rings (SSSR count). The second kappa shape index (κ2) is 3.87. The minimum absolute atomic E-state index is 0.0519. The van der Waals surface area contributed by atoms with Crippen LogP contribution in [0.2, 0.25) is 0 Å². The highest BCUT2D eigenvalue weighted by Crippen LogP contribution is 2.12. The monoisotopic (exact) mass is 173 g/mol. The van der Waals surface area contributed by atoms with E-state index in [9.17, 15) is 4.79 Å². The normalized spacial score (nSPS) is 30.0. The first-order valence-electron chi connectivity index (χ1n) is 4.15. The number of morpholine rings is 1. The molecule has 0 spiro atoms. The zero-order valence-electron chi connectivity index (χ0n) is 7.55. The number of carbonyl (C=O) groups is 1. The third kappa shape index (κ3) is 2.46. The zero-order chi connectivity index (χ0) is 9.03. The van der Waals surface area contributed by atoms with E-state index < -0.39 is 0 Å². The van der Waals surface area contributed by atoms with Crippen LogP contribution in [0, 0.1) is 0 Å². The molecule has 1 aliphatic rings. The van der Waals surface area contributed by atoms with Crippen LogP contribution in [0.25, 0.3) is 0 Å². The van der Waals surface area contributed by atoms with Gasteiger partial charge in [0.05, 0.1) is 6.61 Å². The first kappa shape index (κ1) is 9.48. The smallest absolute Gasteiger partial charge is 0.246 e. The Labute approximate surface area is 72.2 Å². The van der Waals surface area contributed by atoms with Gasteiger partial charge < -0.3 is 14.8 Å². The van der Waals surface area contributed by atoms with Crippen molar-refractivity contribution in [1.29, 1.82) is 0 Å². The average Bonchev–Trinajstić information content (AvgIpc) is 2.08. The Kier molecular flexibility index (Phi) is 3.05. The third-order valence-electron chi connectivity index (χ3n) is 1.82. The maximum atomic E-state index is 10.7. The summed E-state index contributed by atoms with van der Waals surface area (Å²) < 4.78 is 10.6. The van der Waals surface area contributed by atoms with Crippen molar-refractivity contribution in [2.45, 2.75) is 19.4 Å². The number of carbonyl (C=O) groups excluding carboxylic acids is 1. The van der Waals surface area contributed by atoms with Crippen LogP contribution >= 0.6 is 0 Å². The van der Waals surface area contributed by atoms with E-state index in [1.54, 1.807) is 0 Å². The van der Waals surface area contributed by atoms with E-state index in [1.165, 1.54) is 0 Å². The van der Waals surface area contributed by atoms with Gasteiger partial charge in [0.25, 0.3) is 0 Å². The van der Waals surface area contributed by atoms with Crippen molar-refractivity contribution in [3.63, 3.8) is 0 Å². The molecule has 0 saturated carbocycles. The molecule has 0 aliphatic carbocycles. The molecule has 1 N–H and O–H groups in total. The Morgan fingerprint density at radius 3 is 3.00 bits per heavy atom. The maximum absolute atomic E-state index is 10.7. The Hall–Kier alpha value is -0.610. The van der Waals surface area contributed by atoms with Gasteiger partial charge in [-0.15, -0.1) is 0 Å². The quantitative estimate of drug-likeness (QED) is 0.649. The molecule has 1 amide bonds. The molecule has 0 aromatic heterocycles. The lowest BCUT2D eigenvalue weighted by Gasteiger charge is -2.33. The zero-order valence-corrected chi connectivity index (χ0v) is 7.55. The minimum atomic E-state index is -0.343. The van der Waals surface area contributed by atoms with Gasteiger partial charge in [0, 0.05) is 13.2 Å². The topological polar surface area (TPSA) is 47.6 Å². The van der Waals surface area contributed by atoms with Gasteiger partial charge in [0.2, 0.25) is 5.91 Å². The summed E-state index contributed by atoms with van der Waals surface area (Å²) in [5.74, 6) is -0.0519. The van der Waals surface area contributed by atoms with Gasteiger partial charge in [0.1, 0.15) is 12.2 Å². The van der Waals surface area contributed by atoms with Crippen molar-refractivity contribution >= 4 is 5.91 Å². The van der Waals surface area contributed by atoms with Crippen LogP contribution in [-0.2, 0) is 14.3 Å². The summed E-state index contributed by atoms with van der Waals surface area (Å²) in [5.41, 5.74) is -0.343. The van der Waals surface area contributed by atoms with E-state index in [2.05, 4.69) is 5.32 Å². The highest BCUT2D eigenvalue weighted by atomic mass is 16.5. The summed E-state index contributed by atoms with van der Waals surface area (Å²) in [6, 6.07) is 0. The van der Waals surface area contributed by atoms with Crippen LogP contribution in [0.4, 0.5) is 0 Å². The molecule has 12 heavy (non-hydrogen) atoms. The van der Waals surface area contributed by atoms with Crippen molar-refractivity contribution in [2.24, 2.45) is 0 Å². The van der Waals surface area contributed by atoms with Crippen molar-refractivity contribution in [1.82, 2.24) is 5.32 Å². The van der Waals surface area contributed by atoms with Gasteiger partial charge in [0.15, 0.2) is 0 Å². The Balaban J connectivity index is 2.34. The molecule has 1 saturated heterocycles. The molecule has 1 unspecified atom stereocenters. The molecule has 0 aromatic carbocycles. The highest BCUT2D eigenvalue weighted by molar-refractivity contribution is 5.77. The number of ether oxygens (including phenoxy) is 2. The van der Waals surface area contributed by atoms with E-state index in [0.717, 1.165) is 0 Å². The van der Waals surface area contributed by atoms with Gasteiger partial charge in [-0.1, -0.05) is 0 Å². The molecular weight excluding hydrogens is 158 g/mol. The second-order valence-corrected chi connectivity index (χ2v) is 3.15. The third-order valence-corrected chi connectivity index (χ3v) is 1.82. The van der Waals surface area contributed by atoms with Crippen LogP contribution < -0.4 is 5.32 Å². The number of amides is 1. The van der Waals surface area contributed by atoms with Gasteiger partial charge in [-0.05, 0) is 13.8 Å². The SMILES string of the molecule is CCOCC1(C)CNC(=O)CO1. The summed E-state index contributed by atoms with van der Waals surface area (Å²) in [5, 5.41) is 2.74. The van der Waals surface area contributed by atoms with E-state index in [-0.39, 0.29) is 18.1 Å². The Morgan fingerprint density at radius 2 is 2.50 bits per heavy atom. The van der Waals surface area contributed by atoms with Crippen LogP contribution in [0.5, 0.6) is 0 Å². The maximum Gasteiger partial charge on any atom is 0.246 e. The molecule has 1 atom stereocenters. The highest BCUT2D eigenvalue weighted by Gasteiger charge is 2.30. The summed E-state index contributed by atoms with van der Waals surface area (Å²) in [4.78, 5) is 10.7. The fraction of sp³-hybridized carbons (Fsp3) is 0.875. The number of rotatable bonds is 3. The fourth-order valence-electron chi connectivity index (χ4n) is 1.04. The Bertz CT molecular complexity index is 160. The van der Waals surface area contributed by atoms with E-state index in [4.69, 9.17) is 9.47 Å². The minimum Gasteiger partial charge on any atom is -0.379 e. The molecule has 4 heteroatoms. The number of hydrogen-bond acceptors (Lipinski definition) is 3. The molecular formula is C8H15NO3. The van der Waals surface area contributed by atoms with Crippen LogP contribution in [0.1, 0.15) is 13.8 Å². The van der Waals surface area contributed by atoms with Crippen molar-refractivity contribution in [3.05, 3.63) is 0 Å². The van der Waals surface area contributed by atoms with Crippen molar-refractivity contribution in [2.75, 3.05) is 26.4 Å². The van der Waals surface area contributed by atoms with E-state index >= 15 is 0 Å². The fourth-order valence-corrected chi connectivity index (χ4v) is 1.04. The number of nitrogens with one attached hydrogen (secondary N) is 1. The van der Waals surface area contributed by atoms with Crippen LogP contribution in [-0.4, -0.2) is 37.9 Å². The molecule has 0 aromatic rings. The van der Waals surface area contributed by atoms with Crippen LogP contribution in [0.3, 0.4) is 0 Å². The van der Waals surface area contributed by atoms with E-state index in [1.807, 2.05) is 13.8 Å². The predicted molar refractivity (Wildman–Crippen MR) is 43.9 cm³/mol. The molecule has 1 aliphatic heterocycles. The summed E-state index contributed by atoms with van der Waals surface area (Å²) in [7, 11) is 0. The molecule has 4 nitrogen and oxygen atoms in total. The van der Waals surface area contributed by atoms with Gasteiger partial charge >= 0.3 is 0 Å². The van der Waals surface area contributed by atoms with Gasteiger partial charge in [-0.25, -0.2) is 0 Å². The first-order valence-corrected chi connectivity index (χ1v) is 4.15. The lowest BCUT2D eigenvalue weighted by molar-refractivity contribution is -0.149. The Morgan fingerprint density at radius 1 is 1.75 bits per heavy atom. The first-order chi connectivity index (χ1) is 5.66. The lowest BCUT2D eigenvalue weighted by Crippen LogP contribution is -2.53. The van der Waals surface area contributed by atoms with E-state index in [0.29, 0.717) is 19.8 Å². The van der Waals surface area contributed by atoms with Gasteiger partial charge in [-0.3, -0.25) is 4.79 Å². The van der Waals surface area contributed by atoms with Crippen molar-refractivity contribution < 1.29 is 14.3 Å². The second-order valence-electron chi connectivity index (χ2n) is 3.15. The largest absolute Gasteiger partial charge is 0.379 e. The van der Waals surface area contributed by atoms with Crippen LogP contribution in [0.15, 0.2) is 0 Å². The summed E-state index contributed by atoms with van der Waals surface area (Å²) >= 11 is 0. The molecule has 0 bridgehead atoms.